The van der Waals surface area contributed by atoms with Crippen LogP contribution in [0.4, 0.5) is 5.69 Å². The van der Waals surface area contributed by atoms with Gasteiger partial charge < -0.3 is 15.9 Å². The van der Waals surface area contributed by atoms with Crippen LogP contribution in [0.3, 0.4) is 0 Å². The van der Waals surface area contributed by atoms with Gasteiger partial charge in [0, 0.05) is 12.1 Å². The number of aromatic hydroxyl groups is 2. The summed E-state index contributed by atoms with van der Waals surface area (Å²) in [5, 5.41) is 29.3. The third-order valence-electron chi connectivity index (χ3n) is 2.80. The molecule has 16 heavy (non-hydrogen) atoms. The summed E-state index contributed by atoms with van der Waals surface area (Å²) in [6, 6.07) is 2.19. The lowest BCUT2D eigenvalue weighted by atomic mass is 10.0. The Kier molecular flexibility index (Phi) is 2.43. The summed E-state index contributed by atoms with van der Waals surface area (Å²) >= 11 is 0. The zero-order chi connectivity index (χ0) is 11.9. The van der Waals surface area contributed by atoms with Gasteiger partial charge in [-0.3, -0.25) is 10.1 Å². The molecular formula is C10H12N2O4. The molecule has 1 fully saturated rings. The number of nitro groups is 1. The van der Waals surface area contributed by atoms with Crippen molar-refractivity contribution in [1.82, 2.24) is 0 Å². The number of nitro benzene ring substituents is 1. The molecule has 1 aromatic carbocycles. The Bertz CT molecular complexity index is 443. The van der Waals surface area contributed by atoms with Crippen molar-refractivity contribution in [2.45, 2.75) is 18.9 Å². The van der Waals surface area contributed by atoms with E-state index in [2.05, 4.69) is 0 Å². The van der Waals surface area contributed by atoms with Gasteiger partial charge in [0.2, 0.25) is 5.75 Å². The summed E-state index contributed by atoms with van der Waals surface area (Å²) in [6.07, 6.45) is 1.99. The molecule has 0 amide bonds. The van der Waals surface area contributed by atoms with Gasteiger partial charge in [-0.1, -0.05) is 0 Å². The Hall–Kier alpha value is -1.82. The van der Waals surface area contributed by atoms with Crippen molar-refractivity contribution < 1.29 is 15.1 Å². The topological polar surface area (TPSA) is 110 Å². The number of hydrogen-bond acceptors (Lipinski definition) is 5. The van der Waals surface area contributed by atoms with Crippen LogP contribution in [0.1, 0.15) is 24.4 Å². The van der Waals surface area contributed by atoms with E-state index >= 15 is 0 Å². The predicted octanol–water partition coefficient (Wildman–Crippen LogP) is 1.42. The average molecular weight is 224 g/mol. The minimum atomic E-state index is -0.738. The molecule has 0 radical (unpaired) electrons. The normalized spacial score (nSPS) is 17.1. The molecule has 0 unspecified atom stereocenters. The van der Waals surface area contributed by atoms with E-state index in [9.17, 15) is 20.3 Å². The standard InChI is InChI=1S/C10H12N2O4/c11-9(5-1-2-5)6-3-7(12(15)16)10(14)8(13)4-6/h3-5,9,13-14H,1-2,11H2/t9-/m0/s1. The number of hydrogen-bond donors (Lipinski definition) is 3. The summed E-state index contributed by atoms with van der Waals surface area (Å²) in [5.41, 5.74) is 5.85. The summed E-state index contributed by atoms with van der Waals surface area (Å²) < 4.78 is 0. The van der Waals surface area contributed by atoms with Gasteiger partial charge in [0.25, 0.3) is 0 Å². The lowest BCUT2D eigenvalue weighted by molar-refractivity contribution is -0.386. The summed E-state index contributed by atoms with van der Waals surface area (Å²) in [5.74, 6) is -0.888. The van der Waals surface area contributed by atoms with Crippen LogP contribution in [-0.2, 0) is 0 Å². The molecule has 1 aromatic rings. The minimum Gasteiger partial charge on any atom is -0.504 e. The van der Waals surface area contributed by atoms with Gasteiger partial charge in [0.1, 0.15) is 0 Å². The molecule has 86 valence electrons. The first-order chi connectivity index (χ1) is 7.50. The summed E-state index contributed by atoms with van der Waals surface area (Å²) in [7, 11) is 0. The molecule has 0 bridgehead atoms. The van der Waals surface area contributed by atoms with Crippen molar-refractivity contribution in [3.63, 3.8) is 0 Å². The lowest BCUT2D eigenvalue weighted by Gasteiger charge is -2.11. The second-order valence-electron chi connectivity index (χ2n) is 4.03. The second kappa shape index (κ2) is 3.64. The van der Waals surface area contributed by atoms with Gasteiger partial charge in [-0.15, -0.1) is 0 Å². The molecule has 0 spiro atoms. The second-order valence-corrected chi connectivity index (χ2v) is 4.03. The highest BCUT2D eigenvalue weighted by atomic mass is 16.6. The number of rotatable bonds is 3. The number of benzene rings is 1. The zero-order valence-corrected chi connectivity index (χ0v) is 8.46. The average Bonchev–Trinajstić information content (AvgIpc) is 3.03. The molecule has 6 heteroatoms. The third-order valence-corrected chi connectivity index (χ3v) is 2.80. The number of nitrogens with zero attached hydrogens (tertiary/aromatic N) is 1. The molecule has 0 saturated heterocycles. The fourth-order valence-corrected chi connectivity index (χ4v) is 1.68. The van der Waals surface area contributed by atoms with Crippen LogP contribution in [0.2, 0.25) is 0 Å². The Morgan fingerprint density at radius 3 is 2.56 bits per heavy atom. The van der Waals surface area contributed by atoms with E-state index in [0.717, 1.165) is 12.8 Å². The van der Waals surface area contributed by atoms with Crippen molar-refractivity contribution in [2.24, 2.45) is 11.7 Å². The Morgan fingerprint density at radius 1 is 1.44 bits per heavy atom. The summed E-state index contributed by atoms with van der Waals surface area (Å²) in [6.45, 7) is 0. The molecular weight excluding hydrogens is 212 g/mol. The number of nitrogens with two attached hydrogens (primary N) is 1. The van der Waals surface area contributed by atoms with E-state index in [0.29, 0.717) is 11.5 Å². The Labute approximate surface area is 91.5 Å². The van der Waals surface area contributed by atoms with E-state index in [1.807, 2.05) is 0 Å². The molecule has 6 nitrogen and oxygen atoms in total. The maximum absolute atomic E-state index is 10.6. The smallest absolute Gasteiger partial charge is 0.314 e. The lowest BCUT2D eigenvalue weighted by Crippen LogP contribution is -2.12. The van der Waals surface area contributed by atoms with Crippen molar-refractivity contribution in [3.8, 4) is 11.5 Å². The van der Waals surface area contributed by atoms with E-state index < -0.39 is 22.1 Å². The van der Waals surface area contributed by atoms with Gasteiger partial charge in [0.05, 0.1) is 4.92 Å². The van der Waals surface area contributed by atoms with E-state index in [-0.39, 0.29) is 6.04 Å². The third kappa shape index (κ3) is 1.79. The molecule has 0 heterocycles. The van der Waals surface area contributed by atoms with Gasteiger partial charge >= 0.3 is 5.69 Å². The quantitative estimate of drug-likeness (QED) is 0.408. The first kappa shape index (κ1) is 10.7. The predicted molar refractivity (Wildman–Crippen MR) is 56.1 cm³/mol. The maximum Gasteiger partial charge on any atom is 0.314 e. The fourth-order valence-electron chi connectivity index (χ4n) is 1.68. The first-order valence-corrected chi connectivity index (χ1v) is 4.96. The zero-order valence-electron chi connectivity index (χ0n) is 8.46. The molecule has 2 rings (SSSR count). The van der Waals surface area contributed by atoms with E-state index in [1.165, 1.54) is 12.1 Å². The van der Waals surface area contributed by atoms with Gasteiger partial charge in [-0.05, 0) is 30.4 Å². The van der Waals surface area contributed by atoms with Crippen LogP contribution >= 0.6 is 0 Å². The van der Waals surface area contributed by atoms with Crippen LogP contribution in [0, 0.1) is 16.0 Å². The molecule has 1 saturated carbocycles. The minimum absolute atomic E-state index is 0.315. The molecule has 0 aliphatic heterocycles. The molecule has 1 atom stereocenters. The van der Waals surface area contributed by atoms with E-state index in [4.69, 9.17) is 5.73 Å². The number of phenolic OH excluding ortho intramolecular Hbond substituents is 2. The fraction of sp³-hybridized carbons (Fsp3) is 0.400. The highest BCUT2D eigenvalue weighted by Crippen LogP contribution is 2.43. The van der Waals surface area contributed by atoms with Crippen LogP contribution in [-0.4, -0.2) is 15.1 Å². The van der Waals surface area contributed by atoms with Crippen molar-refractivity contribution in [3.05, 3.63) is 27.8 Å². The maximum atomic E-state index is 10.6. The van der Waals surface area contributed by atoms with Crippen LogP contribution in [0.15, 0.2) is 12.1 Å². The largest absolute Gasteiger partial charge is 0.504 e. The van der Waals surface area contributed by atoms with Crippen molar-refractivity contribution in [1.29, 1.82) is 0 Å². The van der Waals surface area contributed by atoms with Crippen LogP contribution in [0.25, 0.3) is 0 Å². The molecule has 1 aliphatic carbocycles. The van der Waals surface area contributed by atoms with E-state index in [1.54, 1.807) is 0 Å². The van der Waals surface area contributed by atoms with Crippen LogP contribution < -0.4 is 5.73 Å². The highest BCUT2D eigenvalue weighted by molar-refractivity contribution is 5.57. The molecule has 1 aliphatic rings. The highest BCUT2D eigenvalue weighted by Gasteiger charge is 2.31. The summed E-state index contributed by atoms with van der Waals surface area (Å²) in [4.78, 5) is 9.89. The Morgan fingerprint density at radius 2 is 2.06 bits per heavy atom. The first-order valence-electron chi connectivity index (χ1n) is 4.96. The monoisotopic (exact) mass is 224 g/mol. The Balaban J connectivity index is 2.43. The molecule has 4 N–H and O–H groups in total. The van der Waals surface area contributed by atoms with Gasteiger partial charge in [-0.2, -0.15) is 0 Å². The number of phenols is 2. The van der Waals surface area contributed by atoms with Gasteiger partial charge in [0.15, 0.2) is 5.75 Å². The van der Waals surface area contributed by atoms with Crippen molar-refractivity contribution >= 4 is 5.69 Å². The van der Waals surface area contributed by atoms with Gasteiger partial charge in [-0.25, -0.2) is 0 Å². The van der Waals surface area contributed by atoms with Crippen molar-refractivity contribution in [2.75, 3.05) is 0 Å². The van der Waals surface area contributed by atoms with Crippen LogP contribution in [0.5, 0.6) is 11.5 Å². The SMILES string of the molecule is N[C@H](c1cc(O)c(O)c([N+](=O)[O-])c1)C1CC1. The molecule has 0 aromatic heterocycles.